The van der Waals surface area contributed by atoms with Gasteiger partial charge in [0.1, 0.15) is 12.4 Å². The molecule has 36 heavy (non-hydrogen) atoms. The minimum absolute atomic E-state index is 0.0578. The van der Waals surface area contributed by atoms with Crippen LogP contribution in [-0.4, -0.2) is 22.5 Å². The fraction of sp³-hybridized carbons (Fsp3) is 0.250. The summed E-state index contributed by atoms with van der Waals surface area (Å²) in [6.45, 7) is 6.81. The minimum atomic E-state index is -0.211. The molecule has 186 valence electrons. The fourth-order valence-electron chi connectivity index (χ4n) is 3.67. The van der Waals surface area contributed by atoms with Crippen LogP contribution in [0.2, 0.25) is 5.02 Å². The smallest absolute Gasteiger partial charge is 0.282 e. The highest BCUT2D eigenvalue weighted by atomic mass is 79.9. The van der Waals surface area contributed by atoms with E-state index >= 15 is 0 Å². The summed E-state index contributed by atoms with van der Waals surface area (Å²) in [6.07, 6.45) is 2.47. The van der Waals surface area contributed by atoms with E-state index < -0.39 is 0 Å². The van der Waals surface area contributed by atoms with Crippen molar-refractivity contribution in [3.63, 3.8) is 0 Å². The number of fused-ring (bicyclic) bond motifs is 1. The van der Waals surface area contributed by atoms with Crippen molar-refractivity contribution < 1.29 is 9.47 Å². The molecule has 0 aliphatic carbocycles. The average molecular weight is 569 g/mol. The second-order valence-electron chi connectivity index (χ2n) is 8.32. The van der Waals surface area contributed by atoms with E-state index in [0.717, 1.165) is 22.0 Å². The van der Waals surface area contributed by atoms with Crippen molar-refractivity contribution >= 4 is 44.6 Å². The normalized spacial score (nSPS) is 12.2. The maximum Gasteiger partial charge on any atom is 0.282 e. The Balaban J connectivity index is 1.68. The van der Waals surface area contributed by atoms with E-state index in [0.29, 0.717) is 46.5 Å². The Labute approximate surface area is 223 Å². The van der Waals surface area contributed by atoms with Gasteiger partial charge >= 0.3 is 0 Å². The standard InChI is InChI=1S/C28H27BrClN3O3/c1-4-18(3)27-32-24-12-11-21(29)15-22(24)28(34)33(27)31-16-19-10-13-25(26(14-19)35-5-2)36-17-20-8-6-7-9-23(20)30/h6-16,18H,4-5,17H2,1-3H3/t18-/m0/s1. The van der Waals surface area contributed by atoms with Gasteiger partial charge in [-0.05, 0) is 61.4 Å². The predicted octanol–water partition coefficient (Wildman–Crippen LogP) is 7.19. The van der Waals surface area contributed by atoms with Gasteiger partial charge in [0.25, 0.3) is 5.56 Å². The number of ether oxygens (including phenoxy) is 2. The quantitative estimate of drug-likeness (QED) is 0.201. The van der Waals surface area contributed by atoms with E-state index in [2.05, 4.69) is 28.0 Å². The first-order valence-corrected chi connectivity index (χ1v) is 13.0. The summed E-state index contributed by atoms with van der Waals surface area (Å²) in [5, 5.41) is 5.71. The van der Waals surface area contributed by atoms with Crippen LogP contribution >= 0.6 is 27.5 Å². The lowest BCUT2D eigenvalue weighted by Gasteiger charge is -2.14. The van der Waals surface area contributed by atoms with Crippen LogP contribution in [0.3, 0.4) is 0 Å². The molecule has 1 heterocycles. The molecule has 0 N–H and O–H groups in total. The molecule has 4 aromatic rings. The highest BCUT2D eigenvalue weighted by Gasteiger charge is 2.16. The summed E-state index contributed by atoms with van der Waals surface area (Å²) in [5.41, 5.74) is 2.10. The molecular formula is C28H27BrClN3O3. The molecule has 0 unspecified atom stereocenters. The van der Waals surface area contributed by atoms with Crippen molar-refractivity contribution in [3.8, 4) is 11.5 Å². The first-order chi connectivity index (χ1) is 17.4. The first-order valence-electron chi connectivity index (χ1n) is 11.8. The van der Waals surface area contributed by atoms with Gasteiger partial charge in [-0.15, -0.1) is 0 Å². The van der Waals surface area contributed by atoms with Crippen LogP contribution in [0, 0.1) is 0 Å². The van der Waals surface area contributed by atoms with E-state index in [4.69, 9.17) is 26.1 Å². The van der Waals surface area contributed by atoms with Crippen LogP contribution in [-0.2, 0) is 6.61 Å². The van der Waals surface area contributed by atoms with Crippen LogP contribution in [0.5, 0.6) is 11.5 Å². The van der Waals surface area contributed by atoms with Gasteiger partial charge in [0, 0.05) is 21.0 Å². The van der Waals surface area contributed by atoms with Gasteiger partial charge in [-0.25, -0.2) is 4.98 Å². The molecule has 0 bridgehead atoms. The van der Waals surface area contributed by atoms with Gasteiger partial charge < -0.3 is 9.47 Å². The molecule has 0 aliphatic rings. The summed E-state index contributed by atoms with van der Waals surface area (Å²) in [6, 6.07) is 18.6. The first kappa shape index (κ1) is 25.9. The summed E-state index contributed by atoms with van der Waals surface area (Å²) < 4.78 is 14.0. The van der Waals surface area contributed by atoms with Crippen molar-refractivity contribution in [1.82, 2.24) is 9.66 Å². The topological polar surface area (TPSA) is 65.7 Å². The molecule has 4 rings (SSSR count). The Morgan fingerprint density at radius 3 is 2.64 bits per heavy atom. The number of nitrogens with zero attached hydrogens (tertiary/aromatic N) is 3. The largest absolute Gasteiger partial charge is 0.490 e. The van der Waals surface area contributed by atoms with Gasteiger partial charge in [-0.1, -0.05) is 59.6 Å². The van der Waals surface area contributed by atoms with Gasteiger partial charge in [-0.3, -0.25) is 4.79 Å². The second-order valence-corrected chi connectivity index (χ2v) is 9.64. The predicted molar refractivity (Wildman–Crippen MR) is 149 cm³/mol. The summed E-state index contributed by atoms with van der Waals surface area (Å²) in [7, 11) is 0. The average Bonchev–Trinajstić information content (AvgIpc) is 2.88. The van der Waals surface area contributed by atoms with Crippen molar-refractivity contribution in [1.29, 1.82) is 0 Å². The number of hydrogen-bond acceptors (Lipinski definition) is 5. The molecular weight excluding hydrogens is 542 g/mol. The lowest BCUT2D eigenvalue weighted by Crippen LogP contribution is -2.23. The van der Waals surface area contributed by atoms with Crippen LogP contribution in [0.4, 0.5) is 0 Å². The Hall–Kier alpha value is -3.16. The number of benzene rings is 3. The van der Waals surface area contributed by atoms with E-state index in [1.165, 1.54) is 4.68 Å². The van der Waals surface area contributed by atoms with Crippen molar-refractivity contribution in [2.75, 3.05) is 6.61 Å². The molecule has 0 amide bonds. The maximum absolute atomic E-state index is 13.3. The van der Waals surface area contributed by atoms with Crippen LogP contribution in [0.25, 0.3) is 10.9 Å². The SMILES string of the molecule is CCOc1cc(C=Nn2c([C@@H](C)CC)nc3ccc(Br)cc3c2=O)ccc1OCc1ccccc1Cl. The summed E-state index contributed by atoms with van der Waals surface area (Å²) in [5.74, 6) is 1.87. The molecule has 0 saturated heterocycles. The van der Waals surface area contributed by atoms with E-state index in [-0.39, 0.29) is 11.5 Å². The van der Waals surface area contributed by atoms with Crippen molar-refractivity contribution in [2.24, 2.45) is 5.10 Å². The van der Waals surface area contributed by atoms with E-state index in [9.17, 15) is 4.79 Å². The zero-order valence-electron chi connectivity index (χ0n) is 20.4. The van der Waals surface area contributed by atoms with Crippen molar-refractivity contribution in [3.05, 3.63) is 97.5 Å². The number of halogens is 2. The Morgan fingerprint density at radius 2 is 1.89 bits per heavy atom. The molecule has 6 nitrogen and oxygen atoms in total. The van der Waals surface area contributed by atoms with Crippen molar-refractivity contribution in [2.45, 2.75) is 39.7 Å². The molecule has 0 saturated carbocycles. The van der Waals surface area contributed by atoms with Crippen LogP contribution in [0.1, 0.15) is 50.1 Å². The molecule has 0 spiro atoms. The molecule has 0 aliphatic heterocycles. The summed E-state index contributed by atoms with van der Waals surface area (Å²) in [4.78, 5) is 18.1. The molecule has 1 aromatic heterocycles. The van der Waals surface area contributed by atoms with E-state index in [1.807, 2.05) is 68.4 Å². The number of rotatable bonds is 9. The third-order valence-corrected chi connectivity index (χ3v) is 6.68. The molecule has 1 atom stereocenters. The van der Waals surface area contributed by atoms with Gasteiger partial charge in [-0.2, -0.15) is 9.78 Å². The Bertz CT molecular complexity index is 1470. The third kappa shape index (κ3) is 5.79. The monoisotopic (exact) mass is 567 g/mol. The highest BCUT2D eigenvalue weighted by Crippen LogP contribution is 2.30. The second kappa shape index (κ2) is 11.7. The van der Waals surface area contributed by atoms with E-state index in [1.54, 1.807) is 12.3 Å². The van der Waals surface area contributed by atoms with Crippen LogP contribution in [0.15, 0.2) is 75.0 Å². The zero-order valence-corrected chi connectivity index (χ0v) is 22.7. The molecule has 0 fully saturated rings. The lowest BCUT2D eigenvalue weighted by atomic mass is 10.1. The van der Waals surface area contributed by atoms with Gasteiger partial charge in [0.05, 0.1) is 23.7 Å². The number of hydrogen-bond donors (Lipinski definition) is 0. The summed E-state index contributed by atoms with van der Waals surface area (Å²) >= 11 is 9.70. The maximum atomic E-state index is 13.3. The minimum Gasteiger partial charge on any atom is -0.490 e. The van der Waals surface area contributed by atoms with Gasteiger partial charge in [0.2, 0.25) is 0 Å². The lowest BCUT2D eigenvalue weighted by molar-refractivity contribution is 0.269. The fourth-order valence-corrected chi connectivity index (χ4v) is 4.22. The third-order valence-electron chi connectivity index (χ3n) is 5.82. The Morgan fingerprint density at radius 1 is 1.08 bits per heavy atom. The molecule has 8 heteroatoms. The Kier molecular flexibility index (Phi) is 8.44. The number of aromatic nitrogens is 2. The molecule has 3 aromatic carbocycles. The molecule has 0 radical (unpaired) electrons. The van der Waals surface area contributed by atoms with Gasteiger partial charge in [0.15, 0.2) is 11.5 Å². The zero-order chi connectivity index (χ0) is 25.7. The highest BCUT2D eigenvalue weighted by molar-refractivity contribution is 9.10. The van der Waals surface area contributed by atoms with Crippen LogP contribution < -0.4 is 15.0 Å².